The van der Waals surface area contributed by atoms with Crippen LogP contribution >= 0.6 is 0 Å². The Labute approximate surface area is 107 Å². The van der Waals surface area contributed by atoms with Gasteiger partial charge in [0.25, 0.3) is 0 Å². The SMILES string of the molecule is COCC(=O)C1CN(C(=O)OC(C)(C)C)CCO1. The van der Waals surface area contributed by atoms with Crippen LogP contribution in [0.5, 0.6) is 0 Å². The molecule has 0 spiro atoms. The molecular weight excluding hydrogens is 238 g/mol. The molecule has 1 aliphatic heterocycles. The first kappa shape index (κ1) is 14.9. The Bertz CT molecular complexity index is 310. The molecule has 1 rings (SSSR count). The summed E-state index contributed by atoms with van der Waals surface area (Å²) in [5.74, 6) is -0.161. The minimum atomic E-state index is -0.619. The highest BCUT2D eigenvalue weighted by molar-refractivity contribution is 5.85. The number of amides is 1. The van der Waals surface area contributed by atoms with Gasteiger partial charge in [-0.25, -0.2) is 4.79 Å². The summed E-state index contributed by atoms with van der Waals surface area (Å²) in [6.07, 6.45) is -1.03. The van der Waals surface area contributed by atoms with E-state index in [9.17, 15) is 9.59 Å². The molecule has 1 saturated heterocycles. The molecule has 1 fully saturated rings. The molecule has 0 bridgehead atoms. The quantitative estimate of drug-likeness (QED) is 0.751. The van der Waals surface area contributed by atoms with Crippen LogP contribution in [0.3, 0.4) is 0 Å². The molecule has 104 valence electrons. The number of carbonyl (C=O) groups excluding carboxylic acids is 2. The van der Waals surface area contributed by atoms with Gasteiger partial charge >= 0.3 is 6.09 Å². The average Bonchev–Trinajstić information content (AvgIpc) is 2.27. The van der Waals surface area contributed by atoms with E-state index in [1.165, 1.54) is 12.0 Å². The minimum Gasteiger partial charge on any atom is -0.444 e. The molecule has 6 nitrogen and oxygen atoms in total. The number of rotatable bonds is 3. The number of ether oxygens (including phenoxy) is 3. The van der Waals surface area contributed by atoms with Gasteiger partial charge in [-0.2, -0.15) is 0 Å². The topological polar surface area (TPSA) is 65.1 Å². The normalized spacial score (nSPS) is 20.7. The van der Waals surface area contributed by atoms with Gasteiger partial charge in [0, 0.05) is 13.7 Å². The van der Waals surface area contributed by atoms with E-state index in [0.717, 1.165) is 0 Å². The monoisotopic (exact) mass is 259 g/mol. The zero-order chi connectivity index (χ0) is 13.8. The summed E-state index contributed by atoms with van der Waals surface area (Å²) in [5, 5.41) is 0. The van der Waals surface area contributed by atoms with Gasteiger partial charge in [-0.15, -0.1) is 0 Å². The lowest BCUT2D eigenvalue weighted by Gasteiger charge is -2.33. The number of hydrogen-bond donors (Lipinski definition) is 0. The molecule has 0 aromatic carbocycles. The van der Waals surface area contributed by atoms with Crippen LogP contribution in [0, 0.1) is 0 Å². The zero-order valence-electron chi connectivity index (χ0n) is 11.4. The Balaban J connectivity index is 2.53. The number of hydrogen-bond acceptors (Lipinski definition) is 5. The number of morpholine rings is 1. The highest BCUT2D eigenvalue weighted by atomic mass is 16.6. The summed E-state index contributed by atoms with van der Waals surface area (Å²) in [5.41, 5.74) is -0.540. The second-order valence-electron chi connectivity index (χ2n) is 5.19. The van der Waals surface area contributed by atoms with E-state index in [2.05, 4.69) is 0 Å². The van der Waals surface area contributed by atoms with E-state index in [1.54, 1.807) is 20.8 Å². The van der Waals surface area contributed by atoms with Gasteiger partial charge in [-0.05, 0) is 20.8 Å². The van der Waals surface area contributed by atoms with Gasteiger partial charge < -0.3 is 19.1 Å². The van der Waals surface area contributed by atoms with Crippen molar-refractivity contribution >= 4 is 11.9 Å². The van der Waals surface area contributed by atoms with Crippen LogP contribution in [-0.4, -0.2) is 61.9 Å². The van der Waals surface area contributed by atoms with E-state index >= 15 is 0 Å². The molecule has 0 radical (unpaired) electrons. The molecular formula is C12H21NO5. The maximum absolute atomic E-state index is 11.8. The minimum absolute atomic E-state index is 0.00712. The molecule has 1 amide bonds. The molecule has 0 saturated carbocycles. The molecule has 0 aliphatic carbocycles. The summed E-state index contributed by atoms with van der Waals surface area (Å²) in [4.78, 5) is 25.0. The van der Waals surface area contributed by atoms with Crippen molar-refractivity contribution in [1.82, 2.24) is 4.90 Å². The summed E-state index contributed by atoms with van der Waals surface area (Å²) < 4.78 is 15.3. The first-order chi connectivity index (χ1) is 8.33. The first-order valence-electron chi connectivity index (χ1n) is 5.94. The zero-order valence-corrected chi connectivity index (χ0v) is 11.4. The van der Waals surface area contributed by atoms with Gasteiger partial charge in [-0.1, -0.05) is 0 Å². The van der Waals surface area contributed by atoms with Crippen LogP contribution in [-0.2, 0) is 19.0 Å². The third kappa shape index (κ3) is 4.62. The van der Waals surface area contributed by atoms with Crippen molar-refractivity contribution in [3.05, 3.63) is 0 Å². The average molecular weight is 259 g/mol. The lowest BCUT2D eigenvalue weighted by Crippen LogP contribution is -2.50. The van der Waals surface area contributed by atoms with E-state index in [4.69, 9.17) is 14.2 Å². The second-order valence-corrected chi connectivity index (χ2v) is 5.19. The summed E-state index contributed by atoms with van der Waals surface area (Å²) in [6, 6.07) is 0. The van der Waals surface area contributed by atoms with Gasteiger partial charge in [0.2, 0.25) is 0 Å². The predicted octanol–water partition coefficient (Wildman–Crippen LogP) is 0.838. The largest absolute Gasteiger partial charge is 0.444 e. The Morgan fingerprint density at radius 1 is 1.39 bits per heavy atom. The van der Waals surface area contributed by atoms with Crippen molar-refractivity contribution < 1.29 is 23.8 Å². The molecule has 0 N–H and O–H groups in total. The molecule has 6 heteroatoms. The lowest BCUT2D eigenvalue weighted by molar-refractivity contribution is -0.139. The lowest BCUT2D eigenvalue weighted by atomic mass is 10.2. The van der Waals surface area contributed by atoms with E-state index in [0.29, 0.717) is 13.2 Å². The van der Waals surface area contributed by atoms with Crippen LogP contribution < -0.4 is 0 Å². The van der Waals surface area contributed by atoms with Crippen molar-refractivity contribution in [2.24, 2.45) is 0 Å². The van der Waals surface area contributed by atoms with Crippen molar-refractivity contribution in [1.29, 1.82) is 0 Å². The van der Waals surface area contributed by atoms with Crippen molar-refractivity contribution in [2.75, 3.05) is 33.4 Å². The highest BCUT2D eigenvalue weighted by Gasteiger charge is 2.31. The smallest absolute Gasteiger partial charge is 0.410 e. The van der Waals surface area contributed by atoms with Gasteiger partial charge in [-0.3, -0.25) is 4.79 Å². The van der Waals surface area contributed by atoms with Crippen LogP contribution in [0.25, 0.3) is 0 Å². The Morgan fingerprint density at radius 2 is 2.06 bits per heavy atom. The van der Waals surface area contributed by atoms with Gasteiger partial charge in [0.15, 0.2) is 5.78 Å². The molecule has 1 unspecified atom stereocenters. The number of ketones is 1. The molecule has 0 aromatic heterocycles. The van der Waals surface area contributed by atoms with Crippen molar-refractivity contribution in [3.63, 3.8) is 0 Å². The molecule has 1 heterocycles. The Hall–Kier alpha value is -1.14. The number of Topliss-reactive ketones (excluding diaryl/α,β-unsaturated/α-hetero) is 1. The fourth-order valence-corrected chi connectivity index (χ4v) is 1.57. The van der Waals surface area contributed by atoms with Crippen molar-refractivity contribution in [2.45, 2.75) is 32.5 Å². The van der Waals surface area contributed by atoms with Crippen LogP contribution in [0.4, 0.5) is 4.79 Å². The predicted molar refractivity (Wildman–Crippen MR) is 64.4 cm³/mol. The number of nitrogens with zero attached hydrogens (tertiary/aromatic N) is 1. The molecule has 1 aliphatic rings. The van der Waals surface area contributed by atoms with Gasteiger partial charge in [0.1, 0.15) is 18.3 Å². The maximum Gasteiger partial charge on any atom is 0.410 e. The fraction of sp³-hybridized carbons (Fsp3) is 0.833. The highest BCUT2D eigenvalue weighted by Crippen LogP contribution is 2.13. The van der Waals surface area contributed by atoms with Crippen LogP contribution in [0.1, 0.15) is 20.8 Å². The third-order valence-corrected chi connectivity index (χ3v) is 2.36. The fourth-order valence-electron chi connectivity index (χ4n) is 1.57. The molecule has 0 aromatic rings. The van der Waals surface area contributed by atoms with E-state index in [-0.39, 0.29) is 18.9 Å². The Morgan fingerprint density at radius 3 is 2.61 bits per heavy atom. The molecule has 18 heavy (non-hydrogen) atoms. The number of methoxy groups -OCH3 is 1. The molecule has 1 atom stereocenters. The van der Waals surface area contributed by atoms with Gasteiger partial charge in [0.05, 0.1) is 13.2 Å². The first-order valence-corrected chi connectivity index (χ1v) is 5.94. The van der Waals surface area contributed by atoms with E-state index < -0.39 is 17.8 Å². The summed E-state index contributed by atoms with van der Waals surface area (Å²) in [6.45, 7) is 6.39. The number of carbonyl (C=O) groups is 2. The van der Waals surface area contributed by atoms with Crippen LogP contribution in [0.15, 0.2) is 0 Å². The van der Waals surface area contributed by atoms with Crippen LogP contribution in [0.2, 0.25) is 0 Å². The maximum atomic E-state index is 11.8. The summed E-state index contributed by atoms with van der Waals surface area (Å²) >= 11 is 0. The Kier molecular flexibility index (Phi) is 5.10. The summed E-state index contributed by atoms with van der Waals surface area (Å²) in [7, 11) is 1.45. The third-order valence-electron chi connectivity index (χ3n) is 2.36. The van der Waals surface area contributed by atoms with E-state index in [1.807, 2.05) is 0 Å². The standard InChI is InChI=1S/C12H21NO5/c1-12(2,3)18-11(15)13-5-6-17-10(7-13)9(14)8-16-4/h10H,5-8H2,1-4H3. The van der Waals surface area contributed by atoms with Crippen molar-refractivity contribution in [3.8, 4) is 0 Å². The second kappa shape index (κ2) is 6.15.